The van der Waals surface area contributed by atoms with Gasteiger partial charge >= 0.3 is 0 Å². The van der Waals surface area contributed by atoms with Crippen LogP contribution in [-0.2, 0) is 47.2 Å². The van der Waals surface area contributed by atoms with Crippen molar-refractivity contribution in [3.8, 4) is 0 Å². The van der Waals surface area contributed by atoms with E-state index in [0.29, 0.717) is 0 Å². The summed E-state index contributed by atoms with van der Waals surface area (Å²) in [4.78, 5) is 0. The van der Waals surface area contributed by atoms with E-state index in [9.17, 15) is 25.9 Å². The fraction of sp³-hybridized carbons (Fsp3) is 1.00. The van der Waals surface area contributed by atoms with Gasteiger partial charge in [0.05, 0.1) is 0 Å². The molecule has 0 amide bonds. The highest BCUT2D eigenvalue weighted by atomic mass is 32.3. The molecule has 0 saturated carbocycles. The van der Waals surface area contributed by atoms with E-state index in [1.807, 2.05) is 0 Å². The zero-order valence-corrected chi connectivity index (χ0v) is 9.07. The van der Waals surface area contributed by atoms with Gasteiger partial charge < -0.3 is 9.11 Å². The van der Waals surface area contributed by atoms with Crippen molar-refractivity contribution in [3.63, 3.8) is 0 Å². The average Bonchev–Trinajstić information content (AvgIpc) is 1.14. The molecule has 0 aliphatic heterocycles. The SMILES string of the molecule is O=S(=O)([O-])CS(=O)(=O)[O-].[SH3+].[SH3+]. The molecule has 0 aliphatic carbocycles. The molecule has 0 radical (unpaired) electrons. The molecule has 0 spiro atoms. The Morgan fingerprint density at radius 2 is 1.00 bits per heavy atom. The summed E-state index contributed by atoms with van der Waals surface area (Å²) in [5, 5.41) is -1.88. The highest BCUT2D eigenvalue weighted by Crippen LogP contribution is 1.87. The Labute approximate surface area is 78.4 Å². The molecule has 11 heavy (non-hydrogen) atoms. The number of hydrogen-bond acceptors (Lipinski definition) is 6. The topological polar surface area (TPSA) is 114 Å². The molecule has 0 saturated heterocycles. The lowest BCUT2D eigenvalue weighted by molar-refractivity contribution is 0.451. The lowest BCUT2D eigenvalue weighted by Crippen LogP contribution is -2.14. The van der Waals surface area contributed by atoms with Crippen LogP contribution in [0.15, 0.2) is 0 Å². The number of rotatable bonds is 2. The van der Waals surface area contributed by atoms with Crippen LogP contribution in [0.1, 0.15) is 0 Å². The molecule has 0 aromatic carbocycles. The van der Waals surface area contributed by atoms with Gasteiger partial charge in [0.2, 0.25) is 0 Å². The maximum Gasteiger partial charge on any atom is 0.128 e. The Morgan fingerprint density at radius 3 is 1.00 bits per heavy atom. The maximum atomic E-state index is 9.51. The molecule has 0 aromatic rings. The summed E-state index contributed by atoms with van der Waals surface area (Å²) in [5.41, 5.74) is 0. The smallest absolute Gasteiger partial charge is 0.128 e. The van der Waals surface area contributed by atoms with Crippen LogP contribution >= 0.6 is 0 Å². The predicted molar refractivity (Wildman–Crippen MR) is 47.4 cm³/mol. The average molecular weight is 244 g/mol. The van der Waals surface area contributed by atoms with E-state index in [1.54, 1.807) is 0 Å². The second-order valence-electron chi connectivity index (χ2n) is 1.23. The van der Waals surface area contributed by atoms with Crippen LogP contribution in [0.25, 0.3) is 0 Å². The molecule has 0 rings (SSSR count). The molecule has 0 N–H and O–H groups in total. The van der Waals surface area contributed by atoms with Crippen molar-refractivity contribution in [1.29, 1.82) is 0 Å². The lowest BCUT2D eigenvalue weighted by atomic mass is 11.9. The summed E-state index contributed by atoms with van der Waals surface area (Å²) in [5.74, 6) is 0. The van der Waals surface area contributed by atoms with Crippen molar-refractivity contribution in [2.75, 3.05) is 5.08 Å². The van der Waals surface area contributed by atoms with Gasteiger partial charge in [-0.15, -0.1) is 0 Å². The highest BCUT2D eigenvalue weighted by Gasteiger charge is 2.00. The molecular formula is CH8O6S4. The third-order valence-corrected chi connectivity index (χ3v) is 2.60. The predicted octanol–water partition coefficient (Wildman–Crippen LogP) is -3.58. The summed E-state index contributed by atoms with van der Waals surface area (Å²) in [6, 6.07) is 0. The molecule has 0 fully saturated rings. The van der Waals surface area contributed by atoms with Crippen LogP contribution in [0, 0.1) is 0 Å². The minimum Gasteiger partial charge on any atom is -0.747 e. The molecule has 72 valence electrons. The van der Waals surface area contributed by atoms with Crippen LogP contribution in [0.2, 0.25) is 0 Å². The van der Waals surface area contributed by atoms with Crippen molar-refractivity contribution in [2.24, 2.45) is 0 Å². The van der Waals surface area contributed by atoms with Crippen molar-refractivity contribution in [1.82, 2.24) is 0 Å². The Hall–Kier alpha value is 0.520. The second kappa shape index (κ2) is 5.22. The molecule has 0 atom stereocenters. The Bertz CT molecular complexity index is 240. The van der Waals surface area contributed by atoms with Gasteiger partial charge in [-0.25, -0.2) is 16.8 Å². The zero-order chi connectivity index (χ0) is 7.71. The van der Waals surface area contributed by atoms with Crippen LogP contribution < -0.4 is 0 Å². The van der Waals surface area contributed by atoms with E-state index in [2.05, 4.69) is 0 Å². The minimum atomic E-state index is -4.93. The normalized spacial score (nSPS) is 11.1. The third-order valence-electron chi connectivity index (χ3n) is 0.289. The quantitative estimate of drug-likeness (QED) is 0.366. The van der Waals surface area contributed by atoms with Gasteiger partial charge in [-0.1, -0.05) is 27.0 Å². The highest BCUT2D eigenvalue weighted by molar-refractivity contribution is 8.02. The van der Waals surface area contributed by atoms with Crippen molar-refractivity contribution >= 4 is 47.2 Å². The molecule has 10 heteroatoms. The van der Waals surface area contributed by atoms with Gasteiger partial charge in [0.1, 0.15) is 25.3 Å². The van der Waals surface area contributed by atoms with Gasteiger partial charge in [0, 0.05) is 0 Å². The molecular weight excluding hydrogens is 236 g/mol. The lowest BCUT2D eigenvalue weighted by Gasteiger charge is -2.08. The molecule has 0 aromatic heterocycles. The standard InChI is InChI=1S/CH4O6S2.2H2S/c2-8(3,4)1-9(5,6)7;;/h1H2,(H,2,3,4)(H,5,6,7);2*1H2. The third kappa shape index (κ3) is 18.0. The van der Waals surface area contributed by atoms with E-state index < -0.39 is 25.3 Å². The van der Waals surface area contributed by atoms with E-state index >= 15 is 0 Å². The van der Waals surface area contributed by atoms with Gasteiger partial charge in [0.15, 0.2) is 0 Å². The van der Waals surface area contributed by atoms with Crippen LogP contribution in [-0.4, -0.2) is 31.0 Å². The number of hydrogen-bond donors (Lipinski definition) is 0. The Kier molecular flexibility index (Phi) is 8.33. The van der Waals surface area contributed by atoms with Crippen LogP contribution in [0.4, 0.5) is 0 Å². The molecule has 6 nitrogen and oxygen atoms in total. The first-order chi connectivity index (χ1) is 3.71. The van der Waals surface area contributed by atoms with E-state index in [4.69, 9.17) is 0 Å². The summed E-state index contributed by atoms with van der Waals surface area (Å²) in [6.07, 6.45) is 0. The molecule has 0 bridgehead atoms. The van der Waals surface area contributed by atoms with Gasteiger partial charge in [-0.05, 0) is 0 Å². The van der Waals surface area contributed by atoms with Crippen LogP contribution in [0.3, 0.4) is 0 Å². The van der Waals surface area contributed by atoms with Crippen LogP contribution in [0.5, 0.6) is 0 Å². The summed E-state index contributed by atoms with van der Waals surface area (Å²) in [6.45, 7) is 0. The largest absolute Gasteiger partial charge is 0.747 e. The van der Waals surface area contributed by atoms with E-state index in [0.717, 1.165) is 0 Å². The molecule has 0 heterocycles. The van der Waals surface area contributed by atoms with Crippen molar-refractivity contribution < 1.29 is 25.9 Å². The van der Waals surface area contributed by atoms with Gasteiger partial charge in [-0.3, -0.25) is 0 Å². The first kappa shape index (κ1) is 17.6. The Balaban J connectivity index is -0.000000320. The summed E-state index contributed by atoms with van der Waals surface area (Å²) < 4.78 is 57.1. The van der Waals surface area contributed by atoms with Gasteiger partial charge in [-0.2, -0.15) is 0 Å². The summed E-state index contributed by atoms with van der Waals surface area (Å²) in [7, 11) is -9.86. The first-order valence-corrected chi connectivity index (χ1v) is 4.73. The van der Waals surface area contributed by atoms with E-state index in [-0.39, 0.29) is 27.0 Å². The molecule has 0 unspecified atom stereocenters. The summed E-state index contributed by atoms with van der Waals surface area (Å²) >= 11 is 0. The maximum absolute atomic E-state index is 9.51. The second-order valence-corrected chi connectivity index (χ2v) is 4.41. The van der Waals surface area contributed by atoms with Gasteiger partial charge in [0.25, 0.3) is 0 Å². The monoisotopic (exact) mass is 244 g/mol. The van der Waals surface area contributed by atoms with E-state index in [1.165, 1.54) is 0 Å². The Morgan fingerprint density at radius 1 is 0.818 bits per heavy atom. The fourth-order valence-corrected chi connectivity index (χ4v) is 1.59. The van der Waals surface area contributed by atoms with Crippen molar-refractivity contribution in [3.05, 3.63) is 0 Å². The molecule has 0 aliphatic rings. The zero-order valence-electron chi connectivity index (χ0n) is 5.13. The first-order valence-electron chi connectivity index (χ1n) is 1.58. The fourth-order valence-electron chi connectivity index (χ4n) is 0.177. The van der Waals surface area contributed by atoms with Crippen molar-refractivity contribution in [2.45, 2.75) is 0 Å². The minimum absolute atomic E-state index is 0.